The highest BCUT2D eigenvalue weighted by molar-refractivity contribution is 7.89. The summed E-state index contributed by atoms with van der Waals surface area (Å²) in [4.78, 5) is 11.4. The number of benzene rings is 2. The highest BCUT2D eigenvalue weighted by Crippen LogP contribution is 2.32. The molecule has 0 spiro atoms. The quantitative estimate of drug-likeness (QED) is 0.278. The summed E-state index contributed by atoms with van der Waals surface area (Å²) in [5.41, 5.74) is 2.88. The SMILES string of the molecule is CN1CC=C(c2c(-c3ccc(O)cc3)nc3occn23)N=C1NCCNS(=O)(=O)c1ccc(O)cc1. The van der Waals surface area contributed by atoms with Crippen LogP contribution in [0.15, 0.2) is 81.4 Å². The van der Waals surface area contributed by atoms with E-state index in [2.05, 4.69) is 15.0 Å². The number of aliphatic imine (C=N–C) groups is 1. The average Bonchev–Trinajstić information content (AvgIpc) is 3.45. The van der Waals surface area contributed by atoms with Crippen LogP contribution >= 0.6 is 0 Å². The molecule has 186 valence electrons. The van der Waals surface area contributed by atoms with E-state index < -0.39 is 10.0 Å². The normalized spacial score (nSPS) is 14.1. The van der Waals surface area contributed by atoms with Gasteiger partial charge in [-0.2, -0.15) is 4.98 Å². The van der Waals surface area contributed by atoms with Crippen molar-refractivity contribution >= 4 is 27.5 Å². The van der Waals surface area contributed by atoms with E-state index in [1.165, 1.54) is 24.3 Å². The number of phenols is 2. The average molecular weight is 509 g/mol. The van der Waals surface area contributed by atoms with Crippen LogP contribution in [0.4, 0.5) is 0 Å². The number of rotatable bonds is 7. The van der Waals surface area contributed by atoms with E-state index in [-0.39, 0.29) is 22.9 Å². The lowest BCUT2D eigenvalue weighted by atomic mass is 10.1. The van der Waals surface area contributed by atoms with Gasteiger partial charge in [0, 0.05) is 38.4 Å². The molecule has 1 aliphatic rings. The number of fused-ring (bicyclic) bond motifs is 1. The van der Waals surface area contributed by atoms with E-state index in [1.807, 2.05) is 22.4 Å². The Morgan fingerprint density at radius 1 is 1.03 bits per heavy atom. The number of likely N-dealkylation sites (N-methyl/N-ethyl adjacent to an activating group) is 1. The predicted octanol–water partition coefficient (Wildman–Crippen LogP) is 2.22. The van der Waals surface area contributed by atoms with Crippen molar-refractivity contribution in [2.75, 3.05) is 26.7 Å². The van der Waals surface area contributed by atoms with Gasteiger partial charge in [-0.1, -0.05) is 0 Å². The number of aromatic nitrogens is 2. The number of hydrogen-bond acceptors (Lipinski definition) is 9. The van der Waals surface area contributed by atoms with Crippen LogP contribution < -0.4 is 10.0 Å². The van der Waals surface area contributed by atoms with Crippen molar-refractivity contribution in [3.8, 4) is 22.8 Å². The molecule has 5 rings (SSSR count). The first-order chi connectivity index (χ1) is 17.3. The maximum Gasteiger partial charge on any atom is 0.306 e. The fourth-order valence-electron chi connectivity index (χ4n) is 3.80. The first-order valence-electron chi connectivity index (χ1n) is 11.1. The van der Waals surface area contributed by atoms with Crippen molar-refractivity contribution in [2.24, 2.45) is 4.99 Å². The summed E-state index contributed by atoms with van der Waals surface area (Å²) in [7, 11) is -1.82. The minimum atomic E-state index is -3.70. The van der Waals surface area contributed by atoms with Gasteiger partial charge in [-0.3, -0.25) is 4.40 Å². The number of aromatic hydroxyl groups is 2. The molecule has 0 saturated carbocycles. The van der Waals surface area contributed by atoms with Crippen LogP contribution in [0.5, 0.6) is 11.5 Å². The summed E-state index contributed by atoms with van der Waals surface area (Å²) >= 11 is 0. The third-order valence-corrected chi connectivity index (χ3v) is 7.12. The Labute approximate surface area is 207 Å². The molecule has 3 heterocycles. The topological polar surface area (TPSA) is 145 Å². The van der Waals surface area contributed by atoms with Crippen molar-refractivity contribution in [3.63, 3.8) is 0 Å². The summed E-state index contributed by atoms with van der Waals surface area (Å²) in [5.74, 6) is 1.15. The number of imidazole rings is 1. The maximum atomic E-state index is 12.5. The molecule has 2 aromatic heterocycles. The number of nitrogens with one attached hydrogen (secondary N) is 2. The molecule has 0 radical (unpaired) electrons. The zero-order valence-corrected chi connectivity index (χ0v) is 20.1. The molecule has 36 heavy (non-hydrogen) atoms. The Morgan fingerprint density at radius 3 is 2.44 bits per heavy atom. The molecule has 0 unspecified atom stereocenters. The first-order valence-corrected chi connectivity index (χ1v) is 12.6. The zero-order chi connectivity index (χ0) is 25.3. The summed E-state index contributed by atoms with van der Waals surface area (Å²) in [5, 5.41) is 22.2. The standard InChI is InChI=1S/C24H24N6O5S/c1-29-13-10-20(22-21(16-2-4-17(31)5-3-16)28-24-30(22)14-15-35-24)27-23(29)25-11-12-26-36(33,34)19-8-6-18(32)7-9-19/h2-10,14-15,26,31-32H,11-13H2,1H3,(H,25,27). The lowest BCUT2D eigenvalue weighted by Gasteiger charge is -2.25. The molecule has 0 fully saturated rings. The summed E-state index contributed by atoms with van der Waals surface area (Å²) < 4.78 is 34.8. The molecule has 4 N–H and O–H groups in total. The second-order valence-electron chi connectivity index (χ2n) is 8.14. The van der Waals surface area contributed by atoms with Gasteiger partial charge in [-0.05, 0) is 54.6 Å². The van der Waals surface area contributed by atoms with Gasteiger partial charge in [0.05, 0.1) is 10.6 Å². The van der Waals surface area contributed by atoms with Crippen LogP contribution in [0.3, 0.4) is 0 Å². The third-order valence-electron chi connectivity index (χ3n) is 5.64. The van der Waals surface area contributed by atoms with E-state index in [1.54, 1.807) is 36.7 Å². The lowest BCUT2D eigenvalue weighted by Crippen LogP contribution is -2.43. The fourth-order valence-corrected chi connectivity index (χ4v) is 4.83. The van der Waals surface area contributed by atoms with E-state index in [0.29, 0.717) is 36.3 Å². The van der Waals surface area contributed by atoms with E-state index in [4.69, 9.17) is 9.41 Å². The van der Waals surface area contributed by atoms with Gasteiger partial charge in [0.25, 0.3) is 0 Å². The van der Waals surface area contributed by atoms with Gasteiger partial charge < -0.3 is 24.8 Å². The third kappa shape index (κ3) is 4.63. The number of sulfonamides is 1. The molecule has 0 aliphatic carbocycles. The van der Waals surface area contributed by atoms with Crippen LogP contribution in [0.25, 0.3) is 22.8 Å². The van der Waals surface area contributed by atoms with Gasteiger partial charge in [0.1, 0.15) is 29.2 Å². The summed E-state index contributed by atoms with van der Waals surface area (Å²) in [6, 6.07) is 12.1. The second kappa shape index (κ2) is 9.40. The Kier molecular flexibility index (Phi) is 6.12. The molecule has 1 aliphatic heterocycles. The molecule has 0 saturated heterocycles. The van der Waals surface area contributed by atoms with E-state index in [0.717, 1.165) is 11.3 Å². The molecule has 2 aromatic carbocycles. The number of guanidine groups is 1. The van der Waals surface area contributed by atoms with Crippen molar-refractivity contribution in [2.45, 2.75) is 4.90 Å². The molecule has 12 heteroatoms. The van der Waals surface area contributed by atoms with Gasteiger partial charge in [-0.15, -0.1) is 0 Å². The van der Waals surface area contributed by atoms with Gasteiger partial charge in [0.15, 0.2) is 5.96 Å². The lowest BCUT2D eigenvalue weighted by molar-refractivity contribution is 0.474. The van der Waals surface area contributed by atoms with Crippen LogP contribution in [-0.4, -0.2) is 65.6 Å². The summed E-state index contributed by atoms with van der Waals surface area (Å²) in [6.45, 7) is 0.999. The Balaban J connectivity index is 1.34. The van der Waals surface area contributed by atoms with Crippen LogP contribution in [0, 0.1) is 0 Å². The Bertz CT molecular complexity index is 1550. The van der Waals surface area contributed by atoms with Gasteiger partial charge in [0.2, 0.25) is 10.0 Å². The van der Waals surface area contributed by atoms with Gasteiger partial charge >= 0.3 is 5.84 Å². The molecule has 11 nitrogen and oxygen atoms in total. The number of oxazole rings is 1. The van der Waals surface area contributed by atoms with Crippen LogP contribution in [0.1, 0.15) is 5.69 Å². The molecule has 0 amide bonds. The summed E-state index contributed by atoms with van der Waals surface area (Å²) in [6.07, 6.45) is 5.28. The number of hydrogen-bond donors (Lipinski definition) is 4. The van der Waals surface area contributed by atoms with Crippen molar-refractivity contribution in [1.29, 1.82) is 0 Å². The largest absolute Gasteiger partial charge is 0.508 e. The fraction of sp³-hybridized carbons (Fsp3) is 0.167. The minimum Gasteiger partial charge on any atom is -0.508 e. The highest BCUT2D eigenvalue weighted by atomic mass is 32.2. The monoisotopic (exact) mass is 508 g/mol. The Hall–Kier alpha value is -4.29. The first kappa shape index (κ1) is 23.5. The maximum absolute atomic E-state index is 12.5. The molecule has 0 bridgehead atoms. The van der Waals surface area contributed by atoms with Crippen molar-refractivity contribution in [1.82, 2.24) is 24.3 Å². The van der Waals surface area contributed by atoms with Crippen molar-refractivity contribution < 1.29 is 23.0 Å². The minimum absolute atomic E-state index is 0.00252. The van der Waals surface area contributed by atoms with Crippen molar-refractivity contribution in [3.05, 3.63) is 72.8 Å². The molecular weight excluding hydrogens is 484 g/mol. The van der Waals surface area contributed by atoms with Crippen LogP contribution in [0.2, 0.25) is 0 Å². The highest BCUT2D eigenvalue weighted by Gasteiger charge is 2.23. The van der Waals surface area contributed by atoms with Crippen LogP contribution in [-0.2, 0) is 10.0 Å². The molecular formula is C24H24N6O5S. The number of nitrogens with zero attached hydrogens (tertiary/aromatic N) is 4. The number of phenolic OH excluding ortho intramolecular Hbond substituents is 2. The van der Waals surface area contributed by atoms with E-state index in [9.17, 15) is 18.6 Å². The van der Waals surface area contributed by atoms with Gasteiger partial charge in [-0.25, -0.2) is 18.1 Å². The molecule has 4 aromatic rings. The zero-order valence-electron chi connectivity index (χ0n) is 19.3. The second-order valence-corrected chi connectivity index (χ2v) is 9.90. The molecule has 0 atom stereocenters. The van der Waals surface area contributed by atoms with E-state index >= 15 is 0 Å². The smallest absolute Gasteiger partial charge is 0.306 e. The Morgan fingerprint density at radius 2 is 1.72 bits per heavy atom. The predicted molar refractivity (Wildman–Crippen MR) is 134 cm³/mol.